The Kier molecular flexibility index (Phi) is 2.50. The molecule has 0 saturated carbocycles. The number of carboxylic acid groups (broad SMARTS) is 1. The van der Waals surface area contributed by atoms with Crippen molar-refractivity contribution in [2.45, 2.75) is 0 Å². The number of ether oxygens (including phenoxy) is 1. The lowest BCUT2D eigenvalue weighted by Gasteiger charge is -2.03. The summed E-state index contributed by atoms with van der Waals surface area (Å²) in [6, 6.07) is 1.65. The predicted octanol–water partition coefficient (Wildman–Crippen LogP) is 0.369. The zero-order valence-electron chi connectivity index (χ0n) is 8.36. The Balaban J connectivity index is 2.54. The van der Waals surface area contributed by atoms with Crippen LogP contribution in [0.2, 0.25) is 0 Å². The van der Waals surface area contributed by atoms with Gasteiger partial charge in [-0.2, -0.15) is 9.78 Å². The fourth-order valence-corrected chi connectivity index (χ4v) is 1.22. The van der Waals surface area contributed by atoms with Crippen LogP contribution in [0, 0.1) is 0 Å². The van der Waals surface area contributed by atoms with E-state index in [1.165, 1.54) is 30.4 Å². The lowest BCUT2D eigenvalue weighted by atomic mass is 10.3. The summed E-state index contributed by atoms with van der Waals surface area (Å²) in [6.07, 6.45) is 4.26. The van der Waals surface area contributed by atoms with Crippen molar-refractivity contribution in [3.63, 3.8) is 0 Å². The van der Waals surface area contributed by atoms with E-state index in [2.05, 4.69) is 15.1 Å². The van der Waals surface area contributed by atoms with Crippen LogP contribution in [0.5, 0.6) is 5.88 Å². The van der Waals surface area contributed by atoms with Gasteiger partial charge in [-0.25, -0.2) is 14.8 Å². The van der Waals surface area contributed by atoms with E-state index in [-0.39, 0.29) is 17.4 Å². The molecule has 0 aliphatic rings. The van der Waals surface area contributed by atoms with Gasteiger partial charge in [0.2, 0.25) is 5.88 Å². The van der Waals surface area contributed by atoms with Gasteiger partial charge in [-0.3, -0.25) is 0 Å². The molecule has 7 heteroatoms. The van der Waals surface area contributed by atoms with Crippen molar-refractivity contribution in [2.24, 2.45) is 0 Å². The summed E-state index contributed by atoms with van der Waals surface area (Å²) in [5, 5.41) is 12.7. The van der Waals surface area contributed by atoms with Gasteiger partial charge in [-0.15, -0.1) is 0 Å². The van der Waals surface area contributed by atoms with Crippen LogP contribution in [0.4, 0.5) is 0 Å². The van der Waals surface area contributed by atoms with Crippen molar-refractivity contribution in [3.8, 4) is 11.8 Å². The first-order valence-corrected chi connectivity index (χ1v) is 4.36. The minimum atomic E-state index is -1.11. The third-order valence-electron chi connectivity index (χ3n) is 1.89. The molecular formula is C9H8N4O3. The van der Waals surface area contributed by atoms with Crippen molar-refractivity contribution < 1.29 is 14.6 Å². The molecule has 0 amide bonds. The SMILES string of the molecule is COc1c(C(=O)O)cnn1-c1ncccn1. The number of hydrogen-bond acceptors (Lipinski definition) is 5. The Morgan fingerprint density at radius 1 is 1.44 bits per heavy atom. The van der Waals surface area contributed by atoms with E-state index in [0.29, 0.717) is 0 Å². The quantitative estimate of drug-likeness (QED) is 0.803. The fourth-order valence-electron chi connectivity index (χ4n) is 1.22. The van der Waals surface area contributed by atoms with Crippen molar-refractivity contribution in [1.29, 1.82) is 0 Å². The van der Waals surface area contributed by atoms with Crippen molar-refractivity contribution in [3.05, 3.63) is 30.2 Å². The molecule has 0 aromatic carbocycles. The first-order valence-electron chi connectivity index (χ1n) is 4.36. The summed E-state index contributed by atoms with van der Waals surface area (Å²) in [4.78, 5) is 18.7. The second-order valence-electron chi connectivity index (χ2n) is 2.83. The molecule has 2 aromatic rings. The number of methoxy groups -OCH3 is 1. The average molecular weight is 220 g/mol. The summed E-state index contributed by atoms with van der Waals surface area (Å²) >= 11 is 0. The molecule has 0 bridgehead atoms. The molecule has 16 heavy (non-hydrogen) atoms. The number of hydrogen-bond donors (Lipinski definition) is 1. The molecule has 0 unspecified atom stereocenters. The van der Waals surface area contributed by atoms with Gasteiger partial charge < -0.3 is 9.84 Å². The Labute approximate surface area is 90.3 Å². The molecule has 0 aliphatic carbocycles. The van der Waals surface area contributed by atoms with E-state index < -0.39 is 5.97 Å². The predicted molar refractivity (Wildman–Crippen MR) is 52.7 cm³/mol. The third kappa shape index (κ3) is 1.58. The molecule has 0 spiro atoms. The van der Waals surface area contributed by atoms with Crippen LogP contribution < -0.4 is 4.74 Å². The lowest BCUT2D eigenvalue weighted by Crippen LogP contribution is -2.06. The van der Waals surface area contributed by atoms with Gasteiger partial charge >= 0.3 is 5.97 Å². The molecule has 0 saturated heterocycles. The highest BCUT2D eigenvalue weighted by Gasteiger charge is 2.19. The molecule has 1 N–H and O–H groups in total. The van der Waals surface area contributed by atoms with Crippen LogP contribution in [0.3, 0.4) is 0 Å². The lowest BCUT2D eigenvalue weighted by molar-refractivity contribution is 0.0693. The Morgan fingerprint density at radius 2 is 2.12 bits per heavy atom. The number of aromatic nitrogens is 4. The minimum Gasteiger partial charge on any atom is -0.480 e. The molecule has 7 nitrogen and oxygen atoms in total. The average Bonchev–Trinajstić information content (AvgIpc) is 2.73. The monoisotopic (exact) mass is 220 g/mol. The zero-order valence-corrected chi connectivity index (χ0v) is 8.36. The number of carboxylic acids is 1. The van der Waals surface area contributed by atoms with Crippen LogP contribution >= 0.6 is 0 Å². The minimum absolute atomic E-state index is 0.0325. The summed E-state index contributed by atoms with van der Waals surface area (Å²) in [6.45, 7) is 0. The smallest absolute Gasteiger partial charge is 0.342 e. The highest BCUT2D eigenvalue weighted by atomic mass is 16.5. The fraction of sp³-hybridized carbons (Fsp3) is 0.111. The van der Waals surface area contributed by atoms with Crippen molar-refractivity contribution in [1.82, 2.24) is 19.7 Å². The summed E-state index contributed by atoms with van der Waals surface area (Å²) < 4.78 is 6.20. The van der Waals surface area contributed by atoms with E-state index in [9.17, 15) is 4.79 Å². The van der Waals surface area contributed by atoms with E-state index in [1.807, 2.05) is 0 Å². The first-order chi connectivity index (χ1) is 7.74. The van der Waals surface area contributed by atoms with Crippen molar-refractivity contribution >= 4 is 5.97 Å². The van der Waals surface area contributed by atoms with Gasteiger partial charge in [0.1, 0.15) is 5.56 Å². The van der Waals surface area contributed by atoms with Gasteiger partial charge in [0.05, 0.1) is 13.3 Å². The Morgan fingerprint density at radius 3 is 2.69 bits per heavy atom. The second-order valence-corrected chi connectivity index (χ2v) is 2.83. The highest BCUT2D eigenvalue weighted by molar-refractivity contribution is 5.90. The largest absolute Gasteiger partial charge is 0.480 e. The number of nitrogens with zero attached hydrogens (tertiary/aromatic N) is 4. The molecule has 0 aliphatic heterocycles. The van der Waals surface area contributed by atoms with E-state index in [4.69, 9.17) is 9.84 Å². The zero-order chi connectivity index (χ0) is 11.5. The van der Waals surface area contributed by atoms with E-state index >= 15 is 0 Å². The molecule has 0 fully saturated rings. The van der Waals surface area contributed by atoms with E-state index in [1.54, 1.807) is 6.07 Å². The standard InChI is InChI=1S/C9H8N4O3/c1-16-7-6(8(14)15)5-12-13(7)9-10-3-2-4-11-9/h2-5H,1H3,(H,14,15). The number of rotatable bonds is 3. The van der Waals surface area contributed by atoms with Crippen LogP contribution in [0.15, 0.2) is 24.7 Å². The molecule has 2 heterocycles. The van der Waals surface area contributed by atoms with Gasteiger partial charge in [0, 0.05) is 12.4 Å². The first kappa shape index (κ1) is 10.1. The van der Waals surface area contributed by atoms with Crippen LogP contribution in [0.1, 0.15) is 10.4 Å². The molecular weight excluding hydrogens is 212 g/mol. The van der Waals surface area contributed by atoms with E-state index in [0.717, 1.165) is 0 Å². The van der Waals surface area contributed by atoms with Gasteiger partial charge in [0.25, 0.3) is 5.95 Å². The van der Waals surface area contributed by atoms with Crippen LogP contribution in [-0.4, -0.2) is 37.9 Å². The highest BCUT2D eigenvalue weighted by Crippen LogP contribution is 2.19. The second kappa shape index (κ2) is 3.97. The summed E-state index contributed by atoms with van der Waals surface area (Å²) in [5.74, 6) is -0.760. The van der Waals surface area contributed by atoms with Gasteiger partial charge in [-0.05, 0) is 6.07 Å². The Hall–Kier alpha value is -2.44. The molecule has 82 valence electrons. The number of carbonyl (C=O) groups is 1. The van der Waals surface area contributed by atoms with Gasteiger partial charge in [0.15, 0.2) is 0 Å². The topological polar surface area (TPSA) is 90.1 Å². The maximum Gasteiger partial charge on any atom is 0.342 e. The summed E-state index contributed by atoms with van der Waals surface area (Å²) in [7, 11) is 1.36. The van der Waals surface area contributed by atoms with Gasteiger partial charge in [-0.1, -0.05) is 0 Å². The van der Waals surface area contributed by atoms with Crippen LogP contribution in [0.25, 0.3) is 5.95 Å². The molecule has 2 rings (SSSR count). The molecule has 0 atom stereocenters. The maximum atomic E-state index is 10.9. The van der Waals surface area contributed by atoms with Crippen LogP contribution in [-0.2, 0) is 0 Å². The maximum absolute atomic E-state index is 10.9. The molecule has 0 radical (unpaired) electrons. The third-order valence-corrected chi connectivity index (χ3v) is 1.89. The Bertz CT molecular complexity index is 509. The summed E-state index contributed by atoms with van der Waals surface area (Å²) in [5.41, 5.74) is -0.0325. The number of aromatic carboxylic acids is 1. The van der Waals surface area contributed by atoms with Crippen molar-refractivity contribution in [2.75, 3.05) is 7.11 Å². The normalized spacial score (nSPS) is 10.1. The molecule has 2 aromatic heterocycles.